The van der Waals surface area contributed by atoms with Crippen LogP contribution in [-0.4, -0.2) is 33.8 Å². The Morgan fingerprint density at radius 2 is 1.71 bits per heavy atom. The molecule has 14 heteroatoms. The molecule has 9 nitrogen and oxygen atoms in total. The van der Waals surface area contributed by atoms with E-state index in [1.165, 1.54) is 55.7 Å². The predicted molar refractivity (Wildman–Crippen MR) is 125 cm³/mol. The molecule has 0 aliphatic carbocycles. The SMILES string of the molecule is CNC(=O)c1nccc(Oc2ccc(NC(=O)Nc3cc(C(F)(F)F)nn3-c3cccc(F)c3)cc2)c1F. The Labute approximate surface area is 211 Å². The first-order valence-corrected chi connectivity index (χ1v) is 10.7. The first-order valence-electron chi connectivity index (χ1n) is 10.7. The number of halogens is 5. The van der Waals surface area contributed by atoms with Crippen LogP contribution in [0.4, 0.5) is 38.3 Å². The fraction of sp³-hybridized carbons (Fsp3) is 0.0833. The van der Waals surface area contributed by atoms with Gasteiger partial charge in [0.15, 0.2) is 23.0 Å². The summed E-state index contributed by atoms with van der Waals surface area (Å²) >= 11 is 0. The second kappa shape index (κ2) is 10.5. The number of hydrogen-bond acceptors (Lipinski definition) is 5. The lowest BCUT2D eigenvalue weighted by atomic mass is 10.3. The minimum absolute atomic E-state index is 0.0415. The number of carbonyl (C=O) groups is 2. The van der Waals surface area contributed by atoms with Crippen molar-refractivity contribution in [2.75, 3.05) is 17.7 Å². The fourth-order valence-corrected chi connectivity index (χ4v) is 3.21. The molecule has 0 bridgehead atoms. The molecule has 0 unspecified atom stereocenters. The van der Waals surface area contributed by atoms with Gasteiger partial charge < -0.3 is 15.4 Å². The largest absolute Gasteiger partial charge is 0.454 e. The van der Waals surface area contributed by atoms with Crippen molar-refractivity contribution in [2.24, 2.45) is 0 Å². The lowest BCUT2D eigenvalue weighted by molar-refractivity contribution is -0.141. The molecule has 0 aliphatic heterocycles. The number of nitrogens with one attached hydrogen (secondary N) is 3. The molecule has 196 valence electrons. The number of alkyl halides is 3. The maximum absolute atomic E-state index is 14.5. The summed E-state index contributed by atoms with van der Waals surface area (Å²) in [5.74, 6) is -2.88. The third-order valence-corrected chi connectivity index (χ3v) is 4.93. The van der Waals surface area contributed by atoms with E-state index in [-0.39, 0.29) is 28.7 Å². The molecule has 0 aliphatic rings. The van der Waals surface area contributed by atoms with Crippen LogP contribution in [-0.2, 0) is 6.18 Å². The van der Waals surface area contributed by atoms with Crippen LogP contribution >= 0.6 is 0 Å². The van der Waals surface area contributed by atoms with Crippen LogP contribution in [0, 0.1) is 11.6 Å². The molecule has 3 amide bonds. The number of rotatable bonds is 6. The van der Waals surface area contributed by atoms with Gasteiger partial charge in [-0.1, -0.05) is 6.07 Å². The summed E-state index contributed by atoms with van der Waals surface area (Å²) in [6.45, 7) is 0. The van der Waals surface area contributed by atoms with Gasteiger partial charge in [0.1, 0.15) is 17.4 Å². The first kappa shape index (κ1) is 26.1. The number of carbonyl (C=O) groups excluding carboxylic acids is 2. The summed E-state index contributed by atoms with van der Waals surface area (Å²) in [4.78, 5) is 27.9. The molecule has 4 rings (SSSR count). The number of hydrogen-bond donors (Lipinski definition) is 3. The van der Waals surface area contributed by atoms with Gasteiger partial charge in [0, 0.05) is 31.1 Å². The fourth-order valence-electron chi connectivity index (χ4n) is 3.21. The molecular formula is C24H17F5N6O3. The summed E-state index contributed by atoms with van der Waals surface area (Å²) in [5.41, 5.74) is -1.57. The number of urea groups is 1. The van der Waals surface area contributed by atoms with Crippen LogP contribution < -0.4 is 20.7 Å². The maximum Gasteiger partial charge on any atom is 0.435 e. The van der Waals surface area contributed by atoms with E-state index in [9.17, 15) is 31.5 Å². The summed E-state index contributed by atoms with van der Waals surface area (Å²) in [5, 5.41) is 10.4. The molecule has 0 atom stereocenters. The molecule has 0 saturated heterocycles. The molecule has 2 aromatic heterocycles. The third-order valence-electron chi connectivity index (χ3n) is 4.93. The minimum Gasteiger partial charge on any atom is -0.454 e. The van der Waals surface area contributed by atoms with Crippen LogP contribution in [0.25, 0.3) is 5.69 Å². The number of nitrogens with zero attached hydrogens (tertiary/aromatic N) is 3. The highest BCUT2D eigenvalue weighted by Crippen LogP contribution is 2.32. The lowest BCUT2D eigenvalue weighted by Crippen LogP contribution is -2.21. The monoisotopic (exact) mass is 532 g/mol. The average molecular weight is 532 g/mol. The standard InChI is InChI=1S/C24H17F5N6O3/c1-30-22(36)21-20(26)17(9-10-31-21)38-16-7-5-14(6-8-16)32-23(37)33-19-12-18(24(27,28)29)34-35(19)15-4-2-3-13(25)11-15/h2-12H,1H3,(H,30,36)(H2,32,33,37). The van der Waals surface area contributed by atoms with Gasteiger partial charge in [-0.2, -0.15) is 18.3 Å². The number of benzene rings is 2. The van der Waals surface area contributed by atoms with Gasteiger partial charge >= 0.3 is 12.2 Å². The van der Waals surface area contributed by atoms with E-state index in [0.29, 0.717) is 6.07 Å². The zero-order valence-corrected chi connectivity index (χ0v) is 19.3. The molecule has 3 N–H and O–H groups in total. The number of aromatic nitrogens is 3. The van der Waals surface area contributed by atoms with E-state index in [1.54, 1.807) is 0 Å². The third kappa shape index (κ3) is 5.86. The molecule has 0 fully saturated rings. The van der Waals surface area contributed by atoms with Crippen LogP contribution in [0.15, 0.2) is 66.9 Å². The average Bonchev–Trinajstić information content (AvgIpc) is 3.30. The van der Waals surface area contributed by atoms with Crippen molar-refractivity contribution in [1.82, 2.24) is 20.1 Å². The highest BCUT2D eigenvalue weighted by molar-refractivity contribution is 5.99. The molecule has 38 heavy (non-hydrogen) atoms. The number of anilines is 2. The second-order valence-corrected chi connectivity index (χ2v) is 7.56. The highest BCUT2D eigenvalue weighted by Gasteiger charge is 2.35. The van der Waals surface area contributed by atoms with Gasteiger partial charge in [-0.3, -0.25) is 10.1 Å². The summed E-state index contributed by atoms with van der Waals surface area (Å²) in [6, 6.07) is 11.1. The van der Waals surface area contributed by atoms with Gasteiger partial charge in [-0.15, -0.1) is 0 Å². The number of pyridine rings is 1. The van der Waals surface area contributed by atoms with E-state index in [0.717, 1.165) is 16.8 Å². The predicted octanol–water partition coefficient (Wildman–Crippen LogP) is 5.36. The van der Waals surface area contributed by atoms with Crippen LogP contribution in [0.5, 0.6) is 11.5 Å². The van der Waals surface area contributed by atoms with Gasteiger partial charge in [0.05, 0.1) is 5.69 Å². The molecule has 2 aromatic carbocycles. The minimum atomic E-state index is -4.81. The highest BCUT2D eigenvalue weighted by atomic mass is 19.4. The summed E-state index contributed by atoms with van der Waals surface area (Å²) < 4.78 is 74.0. The van der Waals surface area contributed by atoms with Gasteiger partial charge in [0.25, 0.3) is 5.91 Å². The van der Waals surface area contributed by atoms with E-state index >= 15 is 0 Å². The topological polar surface area (TPSA) is 110 Å². The van der Waals surface area contributed by atoms with Gasteiger partial charge in [0.2, 0.25) is 0 Å². The molecule has 0 saturated carbocycles. The normalized spacial score (nSPS) is 11.1. The van der Waals surface area contributed by atoms with E-state index < -0.39 is 41.1 Å². The molecule has 4 aromatic rings. The summed E-state index contributed by atoms with van der Waals surface area (Å²) in [7, 11) is 1.32. The van der Waals surface area contributed by atoms with Crippen LogP contribution in [0.1, 0.15) is 16.2 Å². The Kier molecular flexibility index (Phi) is 7.23. The summed E-state index contributed by atoms with van der Waals surface area (Å²) in [6.07, 6.45) is -3.61. The van der Waals surface area contributed by atoms with Crippen LogP contribution in [0.3, 0.4) is 0 Å². The Morgan fingerprint density at radius 3 is 2.37 bits per heavy atom. The molecule has 2 heterocycles. The first-order chi connectivity index (χ1) is 18.0. The van der Waals surface area contributed by atoms with Gasteiger partial charge in [-0.25, -0.2) is 23.2 Å². The van der Waals surface area contributed by atoms with Crippen molar-refractivity contribution in [1.29, 1.82) is 0 Å². The Hall–Kier alpha value is -5.01. The Morgan fingerprint density at radius 1 is 0.974 bits per heavy atom. The quantitative estimate of drug-likeness (QED) is 0.290. The zero-order valence-electron chi connectivity index (χ0n) is 19.3. The molecular weight excluding hydrogens is 515 g/mol. The van der Waals surface area contributed by atoms with Crippen molar-refractivity contribution in [2.45, 2.75) is 6.18 Å². The Balaban J connectivity index is 1.48. The van der Waals surface area contributed by atoms with E-state index in [4.69, 9.17) is 4.74 Å². The number of ether oxygens (including phenoxy) is 1. The smallest absolute Gasteiger partial charge is 0.435 e. The van der Waals surface area contributed by atoms with Crippen molar-refractivity contribution >= 4 is 23.4 Å². The van der Waals surface area contributed by atoms with Gasteiger partial charge in [-0.05, 0) is 42.5 Å². The Bertz CT molecular complexity index is 1490. The molecule has 0 radical (unpaired) electrons. The van der Waals surface area contributed by atoms with E-state index in [2.05, 4.69) is 26.0 Å². The van der Waals surface area contributed by atoms with Crippen molar-refractivity contribution in [3.05, 3.63) is 89.9 Å². The van der Waals surface area contributed by atoms with Crippen molar-refractivity contribution in [3.63, 3.8) is 0 Å². The second-order valence-electron chi connectivity index (χ2n) is 7.56. The number of amides is 3. The lowest BCUT2D eigenvalue weighted by Gasteiger charge is -2.11. The van der Waals surface area contributed by atoms with Crippen LogP contribution in [0.2, 0.25) is 0 Å². The van der Waals surface area contributed by atoms with E-state index in [1.807, 2.05) is 0 Å². The zero-order chi connectivity index (χ0) is 27.4. The van der Waals surface area contributed by atoms with Crippen molar-refractivity contribution in [3.8, 4) is 17.2 Å². The van der Waals surface area contributed by atoms with Crippen molar-refractivity contribution < 1.29 is 36.3 Å². The maximum atomic E-state index is 14.5. The molecule has 0 spiro atoms.